The molecule has 2 heterocycles. The predicted octanol–water partition coefficient (Wildman–Crippen LogP) is 2.57. The SMILES string of the molecule is CC1(CCC2=C3CCC4(C)C(=O)CC[C@H]4C3OCC2=O)OCCO1. The van der Waals surface area contributed by atoms with Crippen molar-refractivity contribution in [1.29, 1.82) is 0 Å². The molecule has 3 atom stereocenters. The first-order chi connectivity index (χ1) is 11.4. The van der Waals surface area contributed by atoms with E-state index in [0.29, 0.717) is 38.3 Å². The molecule has 4 aliphatic rings. The third-order valence-electron chi connectivity index (χ3n) is 6.61. The molecule has 2 saturated carbocycles. The molecule has 0 aromatic heterocycles. The molecule has 3 fully saturated rings. The number of carbonyl (C=O) groups is 2. The highest BCUT2D eigenvalue weighted by molar-refractivity contribution is 5.98. The van der Waals surface area contributed by atoms with Crippen molar-refractivity contribution in [2.45, 2.75) is 64.3 Å². The highest BCUT2D eigenvalue weighted by Crippen LogP contribution is 2.54. The average Bonchev–Trinajstić information content (AvgIpc) is 3.11. The molecule has 5 heteroatoms. The number of ketones is 2. The molecule has 2 unspecified atom stereocenters. The standard InChI is InChI=1S/C19H26O5/c1-18-7-5-13-12(6-8-19(2)23-9-10-24-19)15(20)11-22-17(13)14(18)3-4-16(18)21/h14,17H,3-11H2,1-2H3/t14-,17?,18?/m0/s1. The van der Waals surface area contributed by atoms with Crippen molar-refractivity contribution < 1.29 is 23.8 Å². The maximum atomic E-state index is 12.5. The zero-order valence-electron chi connectivity index (χ0n) is 14.6. The minimum Gasteiger partial charge on any atom is -0.365 e. The molecule has 132 valence electrons. The number of hydrogen-bond donors (Lipinski definition) is 0. The van der Waals surface area contributed by atoms with Gasteiger partial charge in [0.25, 0.3) is 0 Å². The molecule has 4 rings (SSSR count). The van der Waals surface area contributed by atoms with Gasteiger partial charge in [-0.15, -0.1) is 0 Å². The van der Waals surface area contributed by atoms with Crippen LogP contribution in [0.5, 0.6) is 0 Å². The van der Waals surface area contributed by atoms with E-state index in [1.54, 1.807) is 0 Å². The van der Waals surface area contributed by atoms with Crippen LogP contribution in [0.1, 0.15) is 52.4 Å². The van der Waals surface area contributed by atoms with Gasteiger partial charge in [-0.3, -0.25) is 9.59 Å². The Bertz CT molecular complexity index is 601. The first-order valence-electron chi connectivity index (χ1n) is 9.11. The van der Waals surface area contributed by atoms with Crippen LogP contribution in [0.3, 0.4) is 0 Å². The third-order valence-corrected chi connectivity index (χ3v) is 6.61. The van der Waals surface area contributed by atoms with Gasteiger partial charge in [-0.05, 0) is 43.8 Å². The molecule has 2 aliphatic carbocycles. The molecule has 5 nitrogen and oxygen atoms in total. The van der Waals surface area contributed by atoms with E-state index in [9.17, 15) is 9.59 Å². The molecular formula is C19H26O5. The molecule has 0 bridgehead atoms. The Hall–Kier alpha value is -1.04. The number of hydrogen-bond acceptors (Lipinski definition) is 5. The van der Waals surface area contributed by atoms with Crippen molar-refractivity contribution in [3.63, 3.8) is 0 Å². The fourth-order valence-electron chi connectivity index (χ4n) is 5.01. The zero-order valence-corrected chi connectivity index (χ0v) is 14.6. The second-order valence-corrected chi connectivity index (χ2v) is 7.98. The van der Waals surface area contributed by atoms with Gasteiger partial charge in [0, 0.05) is 24.2 Å². The summed E-state index contributed by atoms with van der Waals surface area (Å²) in [6.07, 6.45) is 4.47. The summed E-state index contributed by atoms with van der Waals surface area (Å²) in [5.74, 6) is 0.116. The van der Waals surface area contributed by atoms with Crippen LogP contribution in [-0.4, -0.2) is 43.3 Å². The molecule has 0 amide bonds. The Morgan fingerprint density at radius 1 is 1.12 bits per heavy atom. The van der Waals surface area contributed by atoms with E-state index in [1.807, 2.05) is 6.92 Å². The van der Waals surface area contributed by atoms with Crippen LogP contribution in [0.2, 0.25) is 0 Å². The van der Waals surface area contributed by atoms with Crippen molar-refractivity contribution in [2.24, 2.45) is 11.3 Å². The van der Waals surface area contributed by atoms with Crippen molar-refractivity contribution in [3.8, 4) is 0 Å². The topological polar surface area (TPSA) is 61.8 Å². The van der Waals surface area contributed by atoms with Gasteiger partial charge in [0.2, 0.25) is 0 Å². The Labute approximate surface area is 142 Å². The fourth-order valence-corrected chi connectivity index (χ4v) is 5.01. The van der Waals surface area contributed by atoms with Crippen LogP contribution in [0.25, 0.3) is 0 Å². The molecule has 24 heavy (non-hydrogen) atoms. The van der Waals surface area contributed by atoms with Crippen molar-refractivity contribution in [1.82, 2.24) is 0 Å². The molecule has 0 N–H and O–H groups in total. The predicted molar refractivity (Wildman–Crippen MR) is 86.4 cm³/mol. The molecular weight excluding hydrogens is 308 g/mol. The van der Waals surface area contributed by atoms with Gasteiger partial charge in [-0.25, -0.2) is 0 Å². The lowest BCUT2D eigenvalue weighted by molar-refractivity contribution is -0.147. The highest BCUT2D eigenvalue weighted by atomic mass is 16.7. The number of carbonyl (C=O) groups excluding carboxylic acids is 2. The Morgan fingerprint density at radius 3 is 2.62 bits per heavy atom. The lowest BCUT2D eigenvalue weighted by atomic mass is 9.64. The Morgan fingerprint density at radius 2 is 1.88 bits per heavy atom. The van der Waals surface area contributed by atoms with Crippen molar-refractivity contribution in [3.05, 3.63) is 11.1 Å². The largest absolute Gasteiger partial charge is 0.365 e. The van der Waals surface area contributed by atoms with Crippen LogP contribution >= 0.6 is 0 Å². The third kappa shape index (κ3) is 2.49. The van der Waals surface area contributed by atoms with E-state index in [2.05, 4.69) is 6.92 Å². The molecule has 1 saturated heterocycles. The van der Waals surface area contributed by atoms with Gasteiger partial charge in [-0.1, -0.05) is 6.92 Å². The summed E-state index contributed by atoms with van der Waals surface area (Å²) in [5.41, 5.74) is 1.79. The Balaban J connectivity index is 1.58. The van der Waals surface area contributed by atoms with Gasteiger partial charge in [-0.2, -0.15) is 0 Å². The van der Waals surface area contributed by atoms with Gasteiger partial charge in [0.1, 0.15) is 12.4 Å². The summed E-state index contributed by atoms with van der Waals surface area (Å²) < 4.78 is 17.3. The molecule has 0 radical (unpaired) electrons. The normalized spacial score (nSPS) is 38.4. The summed E-state index contributed by atoms with van der Waals surface area (Å²) in [5, 5.41) is 0. The molecule has 0 spiro atoms. The van der Waals surface area contributed by atoms with Crippen LogP contribution in [-0.2, 0) is 23.8 Å². The lowest BCUT2D eigenvalue weighted by Gasteiger charge is -2.44. The maximum Gasteiger partial charge on any atom is 0.184 e. The fraction of sp³-hybridized carbons (Fsp3) is 0.789. The summed E-state index contributed by atoms with van der Waals surface area (Å²) in [6.45, 7) is 5.41. The van der Waals surface area contributed by atoms with Gasteiger partial charge >= 0.3 is 0 Å². The highest BCUT2D eigenvalue weighted by Gasteiger charge is 2.54. The number of rotatable bonds is 3. The average molecular weight is 334 g/mol. The smallest absolute Gasteiger partial charge is 0.184 e. The second-order valence-electron chi connectivity index (χ2n) is 7.98. The minimum absolute atomic E-state index is 0.0545. The molecule has 0 aromatic carbocycles. The zero-order chi connectivity index (χ0) is 16.9. The molecule has 0 aromatic rings. The monoisotopic (exact) mass is 334 g/mol. The van der Waals surface area contributed by atoms with E-state index in [1.165, 1.54) is 0 Å². The number of fused-ring (bicyclic) bond motifs is 3. The van der Waals surface area contributed by atoms with Gasteiger partial charge in [0.15, 0.2) is 11.6 Å². The van der Waals surface area contributed by atoms with E-state index < -0.39 is 5.79 Å². The minimum atomic E-state index is -0.575. The lowest BCUT2D eigenvalue weighted by Crippen LogP contribution is -2.46. The summed E-state index contributed by atoms with van der Waals surface area (Å²) in [6, 6.07) is 0. The first-order valence-corrected chi connectivity index (χ1v) is 9.11. The van der Waals surface area contributed by atoms with Crippen LogP contribution in [0.15, 0.2) is 11.1 Å². The molecule has 2 aliphatic heterocycles. The second kappa shape index (κ2) is 5.75. The summed E-state index contributed by atoms with van der Waals surface area (Å²) >= 11 is 0. The van der Waals surface area contributed by atoms with Crippen molar-refractivity contribution >= 4 is 11.6 Å². The van der Waals surface area contributed by atoms with Gasteiger partial charge < -0.3 is 14.2 Å². The van der Waals surface area contributed by atoms with E-state index in [4.69, 9.17) is 14.2 Å². The maximum absolute atomic E-state index is 12.5. The van der Waals surface area contributed by atoms with E-state index >= 15 is 0 Å². The van der Waals surface area contributed by atoms with Crippen LogP contribution < -0.4 is 0 Å². The van der Waals surface area contributed by atoms with Gasteiger partial charge in [0.05, 0.1) is 19.3 Å². The summed E-state index contributed by atoms with van der Waals surface area (Å²) in [4.78, 5) is 24.8. The Kier molecular flexibility index (Phi) is 3.94. The van der Waals surface area contributed by atoms with Crippen LogP contribution in [0.4, 0.5) is 0 Å². The first kappa shape index (κ1) is 16.4. The van der Waals surface area contributed by atoms with Crippen LogP contribution in [0, 0.1) is 11.3 Å². The van der Waals surface area contributed by atoms with E-state index in [0.717, 1.165) is 30.4 Å². The van der Waals surface area contributed by atoms with Crippen molar-refractivity contribution in [2.75, 3.05) is 19.8 Å². The number of Topliss-reactive ketones (excluding diaryl/α,β-unsaturated/α-hetero) is 2. The quantitative estimate of drug-likeness (QED) is 0.794. The van der Waals surface area contributed by atoms with E-state index in [-0.39, 0.29) is 29.8 Å². The summed E-state index contributed by atoms with van der Waals surface area (Å²) in [7, 11) is 0. The number of ether oxygens (including phenoxy) is 3.